The van der Waals surface area contributed by atoms with Gasteiger partial charge in [0.1, 0.15) is 5.60 Å². The van der Waals surface area contributed by atoms with E-state index in [1.165, 1.54) is 12.8 Å². The number of hydrogen-bond donors (Lipinski definition) is 2. The molecule has 0 aromatic rings. The van der Waals surface area contributed by atoms with Gasteiger partial charge in [0.05, 0.1) is 0 Å². The molecule has 116 valence electrons. The second-order valence-corrected chi connectivity index (χ2v) is 8.13. The average Bonchev–Trinajstić information content (AvgIpc) is 2.65. The zero-order chi connectivity index (χ0) is 15.2. The highest BCUT2D eigenvalue weighted by Gasteiger charge is 2.66. The summed E-state index contributed by atoms with van der Waals surface area (Å²) in [6, 6.07) is 0. The van der Waals surface area contributed by atoms with Crippen molar-refractivity contribution in [2.75, 3.05) is 6.54 Å². The molecule has 2 aliphatic carbocycles. The Balaban J connectivity index is 2.10. The average molecular weight is 282 g/mol. The largest absolute Gasteiger partial charge is 0.444 e. The number of nitrogens with one attached hydrogen (secondary N) is 1. The molecular weight excluding hydrogens is 252 g/mol. The fourth-order valence-corrected chi connectivity index (χ4v) is 4.31. The van der Waals surface area contributed by atoms with Crippen molar-refractivity contribution in [3.63, 3.8) is 0 Å². The quantitative estimate of drug-likeness (QED) is 0.836. The molecule has 2 unspecified atom stereocenters. The lowest BCUT2D eigenvalue weighted by molar-refractivity contribution is 0.0430. The number of rotatable bonds is 3. The summed E-state index contributed by atoms with van der Waals surface area (Å²) in [6.07, 6.45) is 4.19. The molecule has 4 nitrogen and oxygen atoms in total. The molecule has 0 aromatic heterocycles. The van der Waals surface area contributed by atoms with E-state index in [4.69, 9.17) is 10.5 Å². The molecule has 2 fully saturated rings. The van der Waals surface area contributed by atoms with E-state index in [2.05, 4.69) is 19.2 Å². The summed E-state index contributed by atoms with van der Waals surface area (Å²) in [4.78, 5) is 12.2. The minimum atomic E-state index is -0.448. The fourth-order valence-electron chi connectivity index (χ4n) is 4.31. The van der Waals surface area contributed by atoms with Crippen LogP contribution in [0.3, 0.4) is 0 Å². The normalized spacial score (nSPS) is 30.9. The molecule has 0 aliphatic heterocycles. The molecule has 2 rings (SSSR count). The van der Waals surface area contributed by atoms with Crippen molar-refractivity contribution < 1.29 is 9.53 Å². The molecule has 0 bridgehead atoms. The molecule has 20 heavy (non-hydrogen) atoms. The van der Waals surface area contributed by atoms with Crippen LogP contribution in [0.1, 0.15) is 60.3 Å². The lowest BCUT2D eigenvalue weighted by Crippen LogP contribution is -2.51. The first-order valence-electron chi connectivity index (χ1n) is 7.84. The summed E-state index contributed by atoms with van der Waals surface area (Å²) in [7, 11) is 0. The molecule has 2 aliphatic rings. The fraction of sp³-hybridized carbons (Fsp3) is 0.938. The highest BCUT2D eigenvalue weighted by Crippen LogP contribution is 2.65. The lowest BCUT2D eigenvalue weighted by Gasteiger charge is -2.33. The minimum Gasteiger partial charge on any atom is -0.444 e. The first-order valence-corrected chi connectivity index (χ1v) is 7.84. The molecule has 0 heterocycles. The Morgan fingerprint density at radius 3 is 2.25 bits per heavy atom. The minimum absolute atomic E-state index is 0.101. The maximum atomic E-state index is 12.2. The number of hydrogen-bond acceptors (Lipinski definition) is 3. The Kier molecular flexibility index (Phi) is 3.83. The number of ether oxygens (including phenoxy) is 1. The summed E-state index contributed by atoms with van der Waals surface area (Å²) >= 11 is 0. The van der Waals surface area contributed by atoms with E-state index in [0.29, 0.717) is 18.4 Å². The maximum absolute atomic E-state index is 12.2. The summed E-state index contributed by atoms with van der Waals surface area (Å²) in [6.45, 7) is 10.9. The van der Waals surface area contributed by atoms with Crippen LogP contribution in [0.2, 0.25) is 0 Å². The second kappa shape index (κ2) is 4.90. The van der Waals surface area contributed by atoms with E-state index in [9.17, 15) is 4.79 Å². The number of alkyl carbamates (subject to hydrolysis) is 1. The Labute approximate surface area is 122 Å². The molecule has 2 saturated carbocycles. The van der Waals surface area contributed by atoms with Crippen LogP contribution in [0.25, 0.3) is 0 Å². The van der Waals surface area contributed by atoms with Gasteiger partial charge < -0.3 is 15.8 Å². The number of carbonyl (C=O) groups is 1. The van der Waals surface area contributed by atoms with Crippen molar-refractivity contribution in [3.05, 3.63) is 0 Å². The van der Waals surface area contributed by atoms with E-state index in [-0.39, 0.29) is 17.0 Å². The maximum Gasteiger partial charge on any atom is 0.408 e. The van der Waals surface area contributed by atoms with Crippen LogP contribution >= 0.6 is 0 Å². The summed E-state index contributed by atoms with van der Waals surface area (Å²) < 4.78 is 5.46. The standard InChI is InChI=1S/C16H30N2O2/c1-14(2,3)20-13(19)18-16(8-6-7-9-16)12-11(10-17)15(12,4)5/h11-12H,6-10,17H2,1-5H3,(H,18,19). The molecule has 0 saturated heterocycles. The van der Waals surface area contributed by atoms with E-state index < -0.39 is 5.60 Å². The predicted octanol–water partition coefficient (Wildman–Crippen LogP) is 3.05. The zero-order valence-electron chi connectivity index (χ0n) is 13.6. The van der Waals surface area contributed by atoms with Gasteiger partial charge in [-0.2, -0.15) is 0 Å². The van der Waals surface area contributed by atoms with Crippen molar-refractivity contribution in [1.82, 2.24) is 5.32 Å². The van der Waals surface area contributed by atoms with Gasteiger partial charge in [0.25, 0.3) is 0 Å². The van der Waals surface area contributed by atoms with Gasteiger partial charge in [-0.3, -0.25) is 0 Å². The monoisotopic (exact) mass is 282 g/mol. The van der Waals surface area contributed by atoms with Crippen LogP contribution in [0.5, 0.6) is 0 Å². The highest BCUT2D eigenvalue weighted by molar-refractivity contribution is 5.69. The summed E-state index contributed by atoms with van der Waals surface area (Å²) in [5.41, 5.74) is 5.60. The van der Waals surface area contributed by atoms with Gasteiger partial charge in [-0.1, -0.05) is 26.7 Å². The second-order valence-electron chi connectivity index (χ2n) is 8.13. The molecule has 3 N–H and O–H groups in total. The molecular formula is C16H30N2O2. The third-order valence-electron chi connectivity index (χ3n) is 5.15. The topological polar surface area (TPSA) is 64.3 Å². The third kappa shape index (κ3) is 2.80. The smallest absolute Gasteiger partial charge is 0.408 e. The lowest BCUT2D eigenvalue weighted by atomic mass is 9.86. The van der Waals surface area contributed by atoms with Crippen LogP contribution in [0.15, 0.2) is 0 Å². The van der Waals surface area contributed by atoms with E-state index in [1.54, 1.807) is 0 Å². The predicted molar refractivity (Wildman–Crippen MR) is 80.4 cm³/mol. The first-order chi connectivity index (χ1) is 9.12. The van der Waals surface area contributed by atoms with Crippen molar-refractivity contribution >= 4 is 6.09 Å². The summed E-state index contributed by atoms with van der Waals surface area (Å²) in [5.74, 6) is 0.991. The van der Waals surface area contributed by atoms with Gasteiger partial charge in [0, 0.05) is 5.54 Å². The van der Waals surface area contributed by atoms with Crippen molar-refractivity contribution in [1.29, 1.82) is 0 Å². The van der Waals surface area contributed by atoms with E-state index in [1.807, 2.05) is 20.8 Å². The molecule has 1 amide bonds. The van der Waals surface area contributed by atoms with Crippen molar-refractivity contribution in [2.45, 2.75) is 71.4 Å². The van der Waals surface area contributed by atoms with Crippen LogP contribution in [0.4, 0.5) is 4.79 Å². The van der Waals surface area contributed by atoms with E-state index >= 15 is 0 Å². The van der Waals surface area contributed by atoms with Gasteiger partial charge in [-0.15, -0.1) is 0 Å². The Hall–Kier alpha value is -0.770. The van der Waals surface area contributed by atoms with Gasteiger partial charge in [-0.25, -0.2) is 4.79 Å². The molecule has 2 atom stereocenters. The number of nitrogens with two attached hydrogens (primary N) is 1. The Morgan fingerprint density at radius 1 is 1.30 bits per heavy atom. The SMILES string of the molecule is CC(C)(C)OC(=O)NC1(C2C(CN)C2(C)C)CCCC1. The van der Waals surface area contributed by atoms with Crippen LogP contribution in [0, 0.1) is 17.3 Å². The van der Waals surface area contributed by atoms with Crippen molar-refractivity contribution in [2.24, 2.45) is 23.0 Å². The van der Waals surface area contributed by atoms with Gasteiger partial charge in [0.2, 0.25) is 0 Å². The zero-order valence-corrected chi connectivity index (χ0v) is 13.6. The van der Waals surface area contributed by atoms with Gasteiger partial charge in [0.15, 0.2) is 0 Å². The highest BCUT2D eigenvalue weighted by atomic mass is 16.6. The third-order valence-corrected chi connectivity index (χ3v) is 5.15. The molecule has 0 aromatic carbocycles. The Morgan fingerprint density at radius 2 is 1.85 bits per heavy atom. The Bertz CT molecular complexity index is 378. The van der Waals surface area contributed by atoms with Crippen LogP contribution in [-0.2, 0) is 4.74 Å². The van der Waals surface area contributed by atoms with Gasteiger partial charge in [-0.05, 0) is 57.4 Å². The molecule has 4 heteroatoms. The molecule has 0 spiro atoms. The summed E-state index contributed by atoms with van der Waals surface area (Å²) in [5, 5.41) is 3.21. The van der Waals surface area contributed by atoms with Gasteiger partial charge >= 0.3 is 6.09 Å². The number of amides is 1. The molecule has 0 radical (unpaired) electrons. The first kappa shape index (κ1) is 15.6. The number of carbonyl (C=O) groups excluding carboxylic acids is 1. The van der Waals surface area contributed by atoms with Crippen molar-refractivity contribution in [3.8, 4) is 0 Å². The van der Waals surface area contributed by atoms with Crippen LogP contribution < -0.4 is 11.1 Å². The van der Waals surface area contributed by atoms with Crippen LogP contribution in [-0.4, -0.2) is 23.8 Å². The van der Waals surface area contributed by atoms with E-state index in [0.717, 1.165) is 12.8 Å².